The fraction of sp³-hybridized carbons (Fsp3) is 0.364. The average Bonchev–Trinajstić information content (AvgIpc) is 2.95. The van der Waals surface area contributed by atoms with Crippen LogP contribution in [-0.2, 0) is 17.9 Å². The fourth-order valence-corrected chi connectivity index (χ4v) is 3.68. The number of aryl methyl sites for hydroxylation is 2. The first kappa shape index (κ1) is 20.2. The molecule has 0 fully saturated rings. The van der Waals surface area contributed by atoms with Crippen molar-refractivity contribution >= 4 is 28.5 Å². The van der Waals surface area contributed by atoms with Crippen LogP contribution in [0.25, 0.3) is 11.0 Å². The molecule has 1 N–H and O–H groups in total. The Morgan fingerprint density at radius 2 is 1.64 bits per heavy atom. The van der Waals surface area contributed by atoms with Gasteiger partial charge < -0.3 is 5.32 Å². The Morgan fingerprint density at radius 1 is 1.04 bits per heavy atom. The standard InChI is InChI=1S/C22H26ClN3O2/c1-4-25-18-7-5-6-8-19(18)26(22(25)28)14-13-20(27)24-21(15(2)3)16-9-11-17(23)12-10-16/h5-12,15,21H,4,13-14H2,1-3H3,(H,24,27). The molecule has 0 saturated carbocycles. The number of rotatable bonds is 7. The zero-order valence-corrected chi connectivity index (χ0v) is 17.2. The number of imidazole rings is 1. The first-order valence-electron chi connectivity index (χ1n) is 9.65. The lowest BCUT2D eigenvalue weighted by molar-refractivity contribution is -0.122. The topological polar surface area (TPSA) is 56.0 Å². The molecular formula is C22H26ClN3O2. The number of nitrogens with one attached hydrogen (secondary N) is 1. The molecule has 0 aliphatic heterocycles. The summed E-state index contributed by atoms with van der Waals surface area (Å²) in [5, 5.41) is 3.78. The molecule has 2 aromatic carbocycles. The number of amides is 1. The Bertz CT molecular complexity index is 1020. The van der Waals surface area contributed by atoms with E-state index in [1.807, 2.05) is 55.5 Å². The number of carbonyl (C=O) groups is 1. The number of halogens is 1. The highest BCUT2D eigenvalue weighted by molar-refractivity contribution is 6.30. The van der Waals surface area contributed by atoms with Crippen molar-refractivity contribution in [2.45, 2.75) is 46.3 Å². The summed E-state index contributed by atoms with van der Waals surface area (Å²) < 4.78 is 3.42. The maximum absolute atomic E-state index is 12.7. The van der Waals surface area contributed by atoms with Crippen molar-refractivity contribution in [2.75, 3.05) is 0 Å². The monoisotopic (exact) mass is 399 g/mol. The quantitative estimate of drug-likeness (QED) is 0.641. The van der Waals surface area contributed by atoms with Gasteiger partial charge >= 0.3 is 5.69 Å². The maximum atomic E-state index is 12.7. The Hall–Kier alpha value is -2.53. The second-order valence-electron chi connectivity index (χ2n) is 7.26. The molecule has 0 saturated heterocycles. The number of nitrogens with zero attached hydrogens (tertiary/aromatic N) is 2. The summed E-state index contributed by atoms with van der Waals surface area (Å²) in [6, 6.07) is 15.1. The lowest BCUT2D eigenvalue weighted by atomic mass is 9.96. The van der Waals surface area contributed by atoms with E-state index >= 15 is 0 Å². The van der Waals surface area contributed by atoms with Crippen molar-refractivity contribution in [3.8, 4) is 0 Å². The highest BCUT2D eigenvalue weighted by atomic mass is 35.5. The first-order valence-corrected chi connectivity index (χ1v) is 10.0. The van der Waals surface area contributed by atoms with Gasteiger partial charge in [-0.1, -0.05) is 49.7 Å². The van der Waals surface area contributed by atoms with Crippen LogP contribution >= 0.6 is 11.6 Å². The largest absolute Gasteiger partial charge is 0.349 e. The van der Waals surface area contributed by atoms with Gasteiger partial charge in [0.25, 0.3) is 0 Å². The number of fused-ring (bicyclic) bond motifs is 1. The van der Waals surface area contributed by atoms with Crippen molar-refractivity contribution in [3.63, 3.8) is 0 Å². The normalized spacial score (nSPS) is 12.5. The minimum absolute atomic E-state index is 0.0744. The van der Waals surface area contributed by atoms with Crippen molar-refractivity contribution < 1.29 is 4.79 Å². The number of benzene rings is 2. The summed E-state index contributed by atoms with van der Waals surface area (Å²) in [4.78, 5) is 25.3. The van der Waals surface area contributed by atoms with Gasteiger partial charge in [0, 0.05) is 24.5 Å². The third-order valence-electron chi connectivity index (χ3n) is 5.02. The first-order chi connectivity index (χ1) is 13.4. The summed E-state index contributed by atoms with van der Waals surface area (Å²) in [6.07, 6.45) is 0.244. The van der Waals surface area contributed by atoms with E-state index in [4.69, 9.17) is 11.6 Å². The van der Waals surface area contributed by atoms with Crippen LogP contribution in [0.15, 0.2) is 53.3 Å². The van der Waals surface area contributed by atoms with Crippen molar-refractivity contribution in [2.24, 2.45) is 5.92 Å². The molecule has 28 heavy (non-hydrogen) atoms. The fourth-order valence-electron chi connectivity index (χ4n) is 3.56. The van der Waals surface area contributed by atoms with Gasteiger partial charge in [-0.15, -0.1) is 0 Å². The van der Waals surface area contributed by atoms with E-state index in [0.29, 0.717) is 18.1 Å². The summed E-state index contributed by atoms with van der Waals surface area (Å²) in [7, 11) is 0. The van der Waals surface area contributed by atoms with Gasteiger partial charge in [-0.2, -0.15) is 0 Å². The van der Waals surface area contributed by atoms with E-state index < -0.39 is 0 Å². The van der Waals surface area contributed by atoms with E-state index in [2.05, 4.69) is 19.2 Å². The van der Waals surface area contributed by atoms with E-state index in [-0.39, 0.29) is 30.0 Å². The number of hydrogen-bond acceptors (Lipinski definition) is 2. The van der Waals surface area contributed by atoms with Gasteiger partial charge in [0.15, 0.2) is 0 Å². The Morgan fingerprint density at radius 3 is 2.21 bits per heavy atom. The third kappa shape index (κ3) is 4.14. The van der Waals surface area contributed by atoms with Crippen LogP contribution < -0.4 is 11.0 Å². The molecule has 3 rings (SSSR count). The van der Waals surface area contributed by atoms with E-state index in [1.54, 1.807) is 9.13 Å². The molecule has 0 aliphatic carbocycles. The predicted octanol–water partition coefficient (Wildman–Crippen LogP) is 4.38. The van der Waals surface area contributed by atoms with E-state index in [1.165, 1.54) is 0 Å². The number of aromatic nitrogens is 2. The summed E-state index contributed by atoms with van der Waals surface area (Å²) in [5.41, 5.74) is 2.71. The lowest BCUT2D eigenvalue weighted by Crippen LogP contribution is -2.33. The molecule has 5 nitrogen and oxygen atoms in total. The minimum Gasteiger partial charge on any atom is -0.349 e. The molecule has 6 heteroatoms. The van der Waals surface area contributed by atoms with Gasteiger partial charge in [0.2, 0.25) is 5.91 Å². The van der Waals surface area contributed by atoms with Crippen molar-refractivity contribution in [1.29, 1.82) is 0 Å². The molecule has 0 radical (unpaired) electrons. The summed E-state index contributed by atoms with van der Waals surface area (Å²) >= 11 is 5.97. The molecule has 1 unspecified atom stereocenters. The van der Waals surface area contributed by atoms with Crippen molar-refractivity contribution in [1.82, 2.24) is 14.5 Å². The SMILES string of the molecule is CCn1c(=O)n(CCC(=O)NC(c2ccc(Cl)cc2)C(C)C)c2ccccc21. The minimum atomic E-state index is -0.0986. The van der Waals surface area contributed by atoms with Gasteiger partial charge in [-0.25, -0.2) is 4.79 Å². The Labute approximate surface area is 169 Å². The highest BCUT2D eigenvalue weighted by Crippen LogP contribution is 2.23. The van der Waals surface area contributed by atoms with Gasteiger partial charge in [-0.3, -0.25) is 13.9 Å². The highest BCUT2D eigenvalue weighted by Gasteiger charge is 2.19. The summed E-state index contributed by atoms with van der Waals surface area (Å²) in [6.45, 7) is 7.04. The van der Waals surface area contributed by atoms with Gasteiger partial charge in [0.05, 0.1) is 17.1 Å². The Balaban J connectivity index is 1.75. The van der Waals surface area contributed by atoms with Crippen LogP contribution in [0.1, 0.15) is 38.8 Å². The molecule has 1 heterocycles. The molecule has 148 valence electrons. The molecular weight excluding hydrogens is 374 g/mol. The van der Waals surface area contributed by atoms with Crippen LogP contribution in [-0.4, -0.2) is 15.0 Å². The molecule has 3 aromatic rings. The number of hydrogen-bond donors (Lipinski definition) is 1. The summed E-state index contributed by atoms with van der Waals surface area (Å²) in [5.74, 6) is 0.156. The van der Waals surface area contributed by atoms with Crippen LogP contribution in [0.2, 0.25) is 5.02 Å². The molecule has 1 amide bonds. The molecule has 0 aliphatic rings. The lowest BCUT2D eigenvalue weighted by Gasteiger charge is -2.23. The van der Waals surface area contributed by atoms with Crippen LogP contribution in [0.3, 0.4) is 0 Å². The molecule has 1 atom stereocenters. The van der Waals surface area contributed by atoms with Crippen molar-refractivity contribution in [3.05, 3.63) is 69.6 Å². The smallest absolute Gasteiger partial charge is 0.329 e. The van der Waals surface area contributed by atoms with Crippen LogP contribution in [0, 0.1) is 5.92 Å². The zero-order chi connectivity index (χ0) is 20.3. The number of carbonyl (C=O) groups excluding carboxylic acids is 1. The Kier molecular flexibility index (Phi) is 6.25. The third-order valence-corrected chi connectivity index (χ3v) is 5.27. The zero-order valence-electron chi connectivity index (χ0n) is 16.5. The second kappa shape index (κ2) is 8.65. The molecule has 0 spiro atoms. The van der Waals surface area contributed by atoms with E-state index in [0.717, 1.165) is 16.6 Å². The maximum Gasteiger partial charge on any atom is 0.329 e. The van der Waals surface area contributed by atoms with Gasteiger partial charge in [-0.05, 0) is 42.7 Å². The van der Waals surface area contributed by atoms with Crippen LogP contribution in [0.5, 0.6) is 0 Å². The van der Waals surface area contributed by atoms with Crippen LogP contribution in [0.4, 0.5) is 0 Å². The average molecular weight is 400 g/mol. The van der Waals surface area contributed by atoms with E-state index in [9.17, 15) is 9.59 Å². The second-order valence-corrected chi connectivity index (χ2v) is 7.69. The number of para-hydroxylation sites is 2. The van der Waals surface area contributed by atoms with Gasteiger partial charge in [0.1, 0.15) is 0 Å². The molecule has 0 bridgehead atoms. The predicted molar refractivity (Wildman–Crippen MR) is 114 cm³/mol. The molecule has 1 aromatic heterocycles.